The van der Waals surface area contributed by atoms with Gasteiger partial charge in [0.25, 0.3) is 0 Å². The number of amides is 1. The van der Waals surface area contributed by atoms with Crippen LogP contribution in [0.4, 0.5) is 0 Å². The fraction of sp³-hybridized carbons (Fsp3) is 0.308. The topological polar surface area (TPSA) is 98.0 Å². The molecule has 0 fully saturated rings. The number of aliphatic carboxylic acids is 1. The highest BCUT2D eigenvalue weighted by atomic mass is 32.2. The number of H-pyrrole nitrogens is 2. The molecule has 0 spiro atoms. The highest BCUT2D eigenvalue weighted by Gasteiger charge is 2.28. The van der Waals surface area contributed by atoms with Crippen LogP contribution in [0.25, 0.3) is 21.8 Å². The van der Waals surface area contributed by atoms with E-state index in [0.717, 1.165) is 37.8 Å². The van der Waals surface area contributed by atoms with Crippen LogP contribution in [0.5, 0.6) is 0 Å². The van der Waals surface area contributed by atoms with Gasteiger partial charge >= 0.3 is 5.97 Å². The van der Waals surface area contributed by atoms with Crippen molar-refractivity contribution in [2.75, 3.05) is 0 Å². The lowest BCUT2D eigenvalue weighted by Gasteiger charge is -2.21. The van der Waals surface area contributed by atoms with E-state index in [-0.39, 0.29) is 18.2 Å². The van der Waals surface area contributed by atoms with E-state index < -0.39 is 17.3 Å². The number of nitrogens with one attached hydrogen (secondary N) is 3. The summed E-state index contributed by atoms with van der Waals surface area (Å²) in [4.78, 5) is 32.8. The Bertz CT molecular complexity index is 1290. The molecule has 172 valence electrons. The maximum atomic E-state index is 13.3. The van der Waals surface area contributed by atoms with Gasteiger partial charge in [0.1, 0.15) is 6.04 Å². The van der Waals surface area contributed by atoms with Gasteiger partial charge in [0, 0.05) is 45.5 Å². The fourth-order valence-electron chi connectivity index (χ4n) is 4.20. The standard InChI is InChI=1S/C26H29N3O3S/c1-15(2)11-22(33-23-14-28-20-10-6-7-16(3)24(20)23)25(30)29-21(26(31)32)12-17-13-27-19-9-5-4-8-18(17)19/h4-10,13-15,21-22,27-28H,11-12H2,1-3H3,(H,29,30)(H,31,32). The van der Waals surface area contributed by atoms with E-state index in [9.17, 15) is 14.7 Å². The molecule has 4 aromatic rings. The van der Waals surface area contributed by atoms with Gasteiger partial charge in [0.05, 0.1) is 5.25 Å². The first-order valence-corrected chi connectivity index (χ1v) is 12.0. The minimum Gasteiger partial charge on any atom is -0.480 e. The Morgan fingerprint density at radius 2 is 1.76 bits per heavy atom. The van der Waals surface area contributed by atoms with Crippen LogP contribution in [0.15, 0.2) is 59.8 Å². The zero-order chi connectivity index (χ0) is 23.5. The van der Waals surface area contributed by atoms with Crippen molar-refractivity contribution < 1.29 is 14.7 Å². The van der Waals surface area contributed by atoms with Crippen LogP contribution in [0.3, 0.4) is 0 Å². The van der Waals surface area contributed by atoms with Crippen LogP contribution >= 0.6 is 11.8 Å². The van der Waals surface area contributed by atoms with Crippen LogP contribution in [0, 0.1) is 12.8 Å². The van der Waals surface area contributed by atoms with Crippen LogP contribution < -0.4 is 5.32 Å². The van der Waals surface area contributed by atoms with Crippen molar-refractivity contribution in [3.05, 3.63) is 66.0 Å². The molecule has 0 aliphatic carbocycles. The molecule has 4 N–H and O–H groups in total. The molecule has 7 heteroatoms. The first-order valence-electron chi connectivity index (χ1n) is 11.1. The number of aromatic amines is 2. The van der Waals surface area contributed by atoms with Crippen molar-refractivity contribution in [1.29, 1.82) is 0 Å². The largest absolute Gasteiger partial charge is 0.480 e. The summed E-state index contributed by atoms with van der Waals surface area (Å²) in [7, 11) is 0. The molecule has 0 aliphatic heterocycles. The molecule has 2 heterocycles. The van der Waals surface area contributed by atoms with Gasteiger partial charge in [-0.25, -0.2) is 4.79 Å². The van der Waals surface area contributed by atoms with Crippen molar-refractivity contribution in [3.63, 3.8) is 0 Å². The smallest absolute Gasteiger partial charge is 0.326 e. The number of para-hydroxylation sites is 1. The Hall–Kier alpha value is -3.19. The molecular formula is C26H29N3O3S. The highest BCUT2D eigenvalue weighted by Crippen LogP contribution is 2.35. The van der Waals surface area contributed by atoms with Gasteiger partial charge in [-0.05, 0) is 42.5 Å². The summed E-state index contributed by atoms with van der Waals surface area (Å²) in [5, 5.41) is 14.4. The van der Waals surface area contributed by atoms with Crippen LogP contribution in [0.1, 0.15) is 31.4 Å². The van der Waals surface area contributed by atoms with Crippen LogP contribution in [-0.4, -0.2) is 38.2 Å². The van der Waals surface area contributed by atoms with E-state index in [1.54, 1.807) is 0 Å². The molecule has 2 aromatic carbocycles. The Kier molecular flexibility index (Phi) is 6.79. The van der Waals surface area contributed by atoms with Crippen LogP contribution in [0.2, 0.25) is 0 Å². The first kappa shape index (κ1) is 23.0. The third-order valence-corrected chi connectivity index (χ3v) is 7.11. The number of thioether (sulfide) groups is 1. The number of carbonyl (C=O) groups excluding carboxylic acids is 1. The quantitative estimate of drug-likeness (QED) is 0.254. The summed E-state index contributed by atoms with van der Waals surface area (Å²) in [6.45, 7) is 6.20. The van der Waals surface area contributed by atoms with E-state index in [2.05, 4.69) is 42.1 Å². The Morgan fingerprint density at radius 3 is 2.52 bits per heavy atom. The molecule has 2 atom stereocenters. The molecular weight excluding hydrogens is 434 g/mol. The minimum absolute atomic E-state index is 0.219. The van der Waals surface area contributed by atoms with Crippen molar-refractivity contribution in [2.24, 2.45) is 5.92 Å². The Labute approximate surface area is 197 Å². The maximum absolute atomic E-state index is 13.3. The molecule has 0 radical (unpaired) electrons. The highest BCUT2D eigenvalue weighted by molar-refractivity contribution is 8.00. The molecule has 0 aliphatic rings. The zero-order valence-corrected chi connectivity index (χ0v) is 19.8. The molecule has 1 amide bonds. The number of carboxylic acids is 1. The van der Waals surface area contributed by atoms with Gasteiger partial charge < -0.3 is 20.4 Å². The molecule has 4 rings (SSSR count). The lowest BCUT2D eigenvalue weighted by molar-refractivity contribution is -0.141. The van der Waals surface area contributed by atoms with Crippen LogP contribution in [-0.2, 0) is 16.0 Å². The summed E-state index contributed by atoms with van der Waals surface area (Å²) < 4.78 is 0. The number of aryl methyl sites for hydroxylation is 1. The second-order valence-electron chi connectivity index (χ2n) is 8.85. The molecule has 6 nitrogen and oxygen atoms in total. The van der Waals surface area contributed by atoms with Gasteiger partial charge in [0.2, 0.25) is 5.91 Å². The number of carboxylic acid groups (broad SMARTS) is 1. The number of hydrogen-bond donors (Lipinski definition) is 4. The predicted octanol–water partition coefficient (Wildman–Crippen LogP) is 5.28. The normalized spacial score (nSPS) is 13.5. The number of aromatic nitrogens is 2. The lowest BCUT2D eigenvalue weighted by atomic mass is 10.0. The van der Waals surface area contributed by atoms with E-state index in [1.807, 2.05) is 48.8 Å². The minimum atomic E-state index is -1.04. The number of carbonyl (C=O) groups is 2. The Balaban J connectivity index is 1.55. The van der Waals surface area contributed by atoms with Gasteiger partial charge in [-0.15, -0.1) is 11.8 Å². The van der Waals surface area contributed by atoms with Crippen molar-refractivity contribution in [3.8, 4) is 0 Å². The average molecular weight is 464 g/mol. The van der Waals surface area contributed by atoms with Crippen molar-refractivity contribution >= 4 is 45.4 Å². The molecule has 33 heavy (non-hydrogen) atoms. The van der Waals surface area contributed by atoms with Gasteiger partial charge in [0.15, 0.2) is 0 Å². The fourth-order valence-corrected chi connectivity index (χ4v) is 5.68. The summed E-state index contributed by atoms with van der Waals surface area (Å²) in [6, 6.07) is 12.8. The summed E-state index contributed by atoms with van der Waals surface area (Å²) in [5.74, 6) is -0.995. The number of fused-ring (bicyclic) bond motifs is 2. The predicted molar refractivity (Wildman–Crippen MR) is 134 cm³/mol. The SMILES string of the molecule is Cc1cccc2[nH]cc(SC(CC(C)C)C(=O)NC(Cc3c[nH]c4ccccc34)C(=O)O)c12. The third kappa shape index (κ3) is 5.09. The van der Waals surface area contributed by atoms with E-state index >= 15 is 0 Å². The number of hydrogen-bond acceptors (Lipinski definition) is 3. The second kappa shape index (κ2) is 9.75. The van der Waals surface area contributed by atoms with Crippen molar-refractivity contribution in [2.45, 2.75) is 49.8 Å². The maximum Gasteiger partial charge on any atom is 0.326 e. The summed E-state index contributed by atoms with van der Waals surface area (Å²) in [6.07, 6.45) is 4.62. The zero-order valence-electron chi connectivity index (χ0n) is 19.0. The van der Waals surface area contributed by atoms with E-state index in [0.29, 0.717) is 6.42 Å². The summed E-state index contributed by atoms with van der Waals surface area (Å²) in [5.41, 5.74) is 4.00. The molecule has 0 saturated carbocycles. The van der Waals surface area contributed by atoms with Gasteiger partial charge in [-0.2, -0.15) is 0 Å². The van der Waals surface area contributed by atoms with Gasteiger partial charge in [-0.3, -0.25) is 4.79 Å². The first-order chi connectivity index (χ1) is 15.8. The number of benzene rings is 2. The van der Waals surface area contributed by atoms with E-state index in [1.165, 1.54) is 11.8 Å². The summed E-state index contributed by atoms with van der Waals surface area (Å²) >= 11 is 1.50. The van der Waals surface area contributed by atoms with Gasteiger partial charge in [-0.1, -0.05) is 44.2 Å². The monoisotopic (exact) mass is 463 g/mol. The number of rotatable bonds is 9. The lowest BCUT2D eigenvalue weighted by Crippen LogP contribution is -2.46. The molecule has 2 unspecified atom stereocenters. The van der Waals surface area contributed by atoms with E-state index in [4.69, 9.17) is 0 Å². The molecule has 0 bridgehead atoms. The van der Waals surface area contributed by atoms with Crippen molar-refractivity contribution in [1.82, 2.24) is 15.3 Å². The molecule has 0 saturated heterocycles. The third-order valence-electron chi connectivity index (χ3n) is 5.84. The molecule has 2 aromatic heterocycles. The second-order valence-corrected chi connectivity index (χ2v) is 10.1. The Morgan fingerprint density at radius 1 is 1.03 bits per heavy atom. The average Bonchev–Trinajstić information content (AvgIpc) is 3.37.